The highest BCUT2D eigenvalue weighted by molar-refractivity contribution is 5.80. The van der Waals surface area contributed by atoms with Crippen LogP contribution in [-0.4, -0.2) is 40.3 Å². The van der Waals surface area contributed by atoms with Crippen molar-refractivity contribution in [1.29, 1.82) is 0 Å². The fourth-order valence-corrected chi connectivity index (χ4v) is 0.591. The molecule has 0 radical (unpaired) electrons. The average Bonchev–Trinajstić information content (AvgIpc) is 1.97. The summed E-state index contributed by atoms with van der Waals surface area (Å²) < 4.78 is 75.2. The van der Waals surface area contributed by atoms with Gasteiger partial charge in [0.1, 0.15) is 0 Å². The SMILES string of the molecule is O=C(O)OC(F)(F)C(F)(C(=O)O)C(F)(F)F. The molecule has 0 heterocycles. The third kappa shape index (κ3) is 2.12. The molecule has 1 atom stereocenters. The first-order chi connectivity index (χ1) is 6.86. The molecule has 16 heavy (non-hydrogen) atoms. The fraction of sp³-hybridized carbons (Fsp3) is 0.600. The summed E-state index contributed by atoms with van der Waals surface area (Å²) in [4.78, 5) is 19.4. The Morgan fingerprint density at radius 1 is 0.938 bits per heavy atom. The summed E-state index contributed by atoms with van der Waals surface area (Å²) in [6.45, 7) is 0. The second kappa shape index (κ2) is 3.72. The van der Waals surface area contributed by atoms with Crippen molar-refractivity contribution in [2.75, 3.05) is 0 Å². The van der Waals surface area contributed by atoms with Crippen molar-refractivity contribution in [1.82, 2.24) is 0 Å². The molecule has 0 aliphatic rings. The number of halogens is 6. The molecule has 0 bridgehead atoms. The van der Waals surface area contributed by atoms with Gasteiger partial charge < -0.3 is 14.9 Å². The first-order valence-corrected chi connectivity index (χ1v) is 3.15. The molecule has 0 aliphatic heterocycles. The molecule has 1 unspecified atom stereocenters. The van der Waals surface area contributed by atoms with Gasteiger partial charge in [0.15, 0.2) is 0 Å². The van der Waals surface area contributed by atoms with Crippen molar-refractivity contribution in [2.45, 2.75) is 18.0 Å². The predicted molar refractivity (Wildman–Crippen MR) is 31.6 cm³/mol. The van der Waals surface area contributed by atoms with E-state index in [1.807, 2.05) is 0 Å². The number of ether oxygens (including phenoxy) is 1. The van der Waals surface area contributed by atoms with Gasteiger partial charge in [0.25, 0.3) is 0 Å². The van der Waals surface area contributed by atoms with Crippen LogP contribution >= 0.6 is 0 Å². The van der Waals surface area contributed by atoms with Gasteiger partial charge in [-0.25, -0.2) is 14.0 Å². The lowest BCUT2D eigenvalue weighted by Crippen LogP contribution is -2.62. The van der Waals surface area contributed by atoms with E-state index in [2.05, 4.69) is 4.74 Å². The lowest BCUT2D eigenvalue weighted by atomic mass is 10.1. The zero-order chi connectivity index (χ0) is 13.4. The van der Waals surface area contributed by atoms with Gasteiger partial charge in [0.2, 0.25) is 0 Å². The Kier molecular flexibility index (Phi) is 3.33. The van der Waals surface area contributed by atoms with E-state index in [0.717, 1.165) is 0 Å². The van der Waals surface area contributed by atoms with E-state index in [0.29, 0.717) is 0 Å². The third-order valence-electron chi connectivity index (χ3n) is 1.30. The van der Waals surface area contributed by atoms with E-state index in [1.54, 1.807) is 0 Å². The highest BCUT2D eigenvalue weighted by Gasteiger charge is 2.79. The largest absolute Gasteiger partial charge is 0.510 e. The minimum Gasteiger partial charge on any atom is -0.478 e. The number of carboxylic acid groups (broad SMARTS) is 2. The molecule has 0 aromatic rings. The summed E-state index contributed by atoms with van der Waals surface area (Å²) in [7, 11) is 0. The maximum Gasteiger partial charge on any atom is 0.510 e. The van der Waals surface area contributed by atoms with E-state index >= 15 is 0 Å². The van der Waals surface area contributed by atoms with E-state index in [-0.39, 0.29) is 0 Å². The van der Waals surface area contributed by atoms with Crippen molar-refractivity contribution >= 4 is 12.1 Å². The van der Waals surface area contributed by atoms with Gasteiger partial charge in [0.05, 0.1) is 0 Å². The zero-order valence-corrected chi connectivity index (χ0v) is 6.89. The molecule has 0 aromatic heterocycles. The first kappa shape index (κ1) is 14.3. The topological polar surface area (TPSA) is 83.8 Å². The lowest BCUT2D eigenvalue weighted by Gasteiger charge is -2.29. The minimum absolute atomic E-state index is 2.30. The Bertz CT molecular complexity index is 311. The Morgan fingerprint density at radius 3 is 1.50 bits per heavy atom. The Labute approximate surface area is 82.2 Å². The molecule has 5 nitrogen and oxygen atoms in total. The lowest BCUT2D eigenvalue weighted by molar-refractivity contribution is -0.357. The number of aliphatic carboxylic acids is 1. The van der Waals surface area contributed by atoms with Crippen LogP contribution in [0.1, 0.15) is 0 Å². The monoisotopic (exact) mass is 256 g/mol. The minimum atomic E-state index is -6.56. The van der Waals surface area contributed by atoms with Crippen LogP contribution in [0.15, 0.2) is 0 Å². The molecule has 2 N–H and O–H groups in total. The van der Waals surface area contributed by atoms with Crippen LogP contribution in [0.25, 0.3) is 0 Å². The van der Waals surface area contributed by atoms with Crippen molar-refractivity contribution in [3.8, 4) is 0 Å². The molecule has 94 valence electrons. The second-order valence-corrected chi connectivity index (χ2v) is 2.35. The van der Waals surface area contributed by atoms with Crippen LogP contribution in [0.3, 0.4) is 0 Å². The van der Waals surface area contributed by atoms with Gasteiger partial charge in [-0.05, 0) is 0 Å². The van der Waals surface area contributed by atoms with Gasteiger partial charge >= 0.3 is 30.1 Å². The Balaban J connectivity index is 5.54. The zero-order valence-electron chi connectivity index (χ0n) is 6.89. The Hall–Kier alpha value is -1.68. The molecule has 0 fully saturated rings. The van der Waals surface area contributed by atoms with Crippen molar-refractivity contribution < 1.29 is 50.9 Å². The number of carboxylic acids is 1. The molecule has 0 spiro atoms. The van der Waals surface area contributed by atoms with Crippen LogP contribution in [0.5, 0.6) is 0 Å². The van der Waals surface area contributed by atoms with Crippen LogP contribution < -0.4 is 0 Å². The van der Waals surface area contributed by atoms with Crippen LogP contribution in [0.4, 0.5) is 31.1 Å². The summed E-state index contributed by atoms with van der Waals surface area (Å²) >= 11 is 0. The molecule has 0 aliphatic carbocycles. The predicted octanol–water partition coefficient (Wildman–Crippen LogP) is 1.63. The van der Waals surface area contributed by atoms with Gasteiger partial charge in [-0.1, -0.05) is 0 Å². The summed E-state index contributed by atoms with van der Waals surface area (Å²) in [6.07, 6.45) is -15.6. The first-order valence-electron chi connectivity index (χ1n) is 3.15. The second-order valence-electron chi connectivity index (χ2n) is 2.35. The number of carbonyl (C=O) groups is 2. The number of rotatable bonds is 3. The van der Waals surface area contributed by atoms with Crippen molar-refractivity contribution in [2.24, 2.45) is 0 Å². The number of alkyl halides is 6. The number of hydrogen-bond donors (Lipinski definition) is 2. The Morgan fingerprint density at radius 2 is 1.31 bits per heavy atom. The van der Waals surface area contributed by atoms with E-state index < -0.39 is 30.1 Å². The van der Waals surface area contributed by atoms with Gasteiger partial charge in [0, 0.05) is 0 Å². The summed E-state index contributed by atoms with van der Waals surface area (Å²) in [5, 5.41) is 15.4. The van der Waals surface area contributed by atoms with Gasteiger partial charge in [-0.2, -0.15) is 22.0 Å². The van der Waals surface area contributed by atoms with Crippen LogP contribution in [0, 0.1) is 0 Å². The molecule has 0 saturated heterocycles. The molecular formula is C5H2F6O5. The normalized spacial score (nSPS) is 16.4. The van der Waals surface area contributed by atoms with Crippen LogP contribution in [-0.2, 0) is 9.53 Å². The standard InChI is InChI=1S/C5H2F6O5/c6-3(1(12)13,4(7,8)9)5(10,11)16-2(14)15/h(H,12,13)(H,14,15). The third-order valence-corrected chi connectivity index (χ3v) is 1.30. The smallest absolute Gasteiger partial charge is 0.478 e. The summed E-state index contributed by atoms with van der Waals surface area (Å²) in [5.41, 5.74) is -6.15. The molecule has 0 aromatic carbocycles. The highest BCUT2D eigenvalue weighted by Crippen LogP contribution is 2.46. The van der Waals surface area contributed by atoms with Crippen molar-refractivity contribution in [3.63, 3.8) is 0 Å². The van der Waals surface area contributed by atoms with Crippen LogP contribution in [0.2, 0.25) is 0 Å². The molecule has 0 rings (SSSR count). The van der Waals surface area contributed by atoms with E-state index in [4.69, 9.17) is 10.2 Å². The van der Waals surface area contributed by atoms with Gasteiger partial charge in [-0.15, -0.1) is 0 Å². The maximum absolute atomic E-state index is 12.7. The fourth-order valence-electron chi connectivity index (χ4n) is 0.591. The average molecular weight is 256 g/mol. The molecule has 11 heteroatoms. The highest BCUT2D eigenvalue weighted by atomic mass is 19.4. The summed E-state index contributed by atoms with van der Waals surface area (Å²) in [6, 6.07) is 0. The molecule has 0 amide bonds. The maximum atomic E-state index is 12.7. The number of hydrogen-bond acceptors (Lipinski definition) is 3. The molecular weight excluding hydrogens is 254 g/mol. The van der Waals surface area contributed by atoms with E-state index in [9.17, 15) is 35.9 Å². The quantitative estimate of drug-likeness (QED) is 0.592. The molecule has 0 saturated carbocycles. The van der Waals surface area contributed by atoms with Gasteiger partial charge in [-0.3, -0.25) is 0 Å². The summed E-state index contributed by atoms with van der Waals surface area (Å²) in [5.74, 6) is -3.62. The van der Waals surface area contributed by atoms with E-state index in [1.165, 1.54) is 0 Å². The van der Waals surface area contributed by atoms with Crippen molar-refractivity contribution in [3.05, 3.63) is 0 Å².